The molecular weight excluding hydrogens is 588 g/mol. The van der Waals surface area contributed by atoms with Crippen LogP contribution in [0.4, 0.5) is 5.69 Å². The molecule has 1 saturated carbocycles. The summed E-state index contributed by atoms with van der Waals surface area (Å²) in [4.78, 5) is 42.5. The standard InChI is InChI=1S/C30H29ClN6O2S.CH2O2/c31-20-12-19-2-1-10-36(21-3-8-33-15-21)27(19)24(13-20)23-4-9-34-25-14-22(40-28(23)25)16-37-26(38)5-11-35(29(37)39)18-30(17-32)6-7-30;2-1-3/h4-5,9,11-14,21,33H,1-3,6-8,10,15-16,18H2;1H,(H,2,3)/t21-;/m0./s1. The highest BCUT2D eigenvalue weighted by Crippen LogP contribution is 2.46. The third-order valence-corrected chi connectivity index (χ3v) is 9.89. The number of pyridine rings is 1. The Labute approximate surface area is 256 Å². The quantitative estimate of drug-likeness (QED) is 0.309. The second kappa shape index (κ2) is 12.0. The molecule has 2 fully saturated rings. The number of hydrogen-bond acceptors (Lipinski definition) is 8. The number of halogens is 1. The fourth-order valence-electron chi connectivity index (χ4n) is 6.25. The molecule has 222 valence electrons. The molecule has 10 nitrogen and oxygen atoms in total. The molecule has 3 aliphatic rings. The molecule has 1 aliphatic carbocycles. The number of aryl methyl sites for hydroxylation is 1. The van der Waals surface area contributed by atoms with E-state index in [0.29, 0.717) is 12.6 Å². The van der Waals surface area contributed by atoms with Crippen LogP contribution in [0.1, 0.15) is 36.1 Å². The normalized spacial score (nSPS) is 18.4. The smallest absolute Gasteiger partial charge is 0.331 e. The van der Waals surface area contributed by atoms with Crippen LogP contribution in [0.3, 0.4) is 0 Å². The number of carboxylic acid groups (broad SMARTS) is 1. The molecule has 1 aromatic carbocycles. The minimum absolute atomic E-state index is 0.159. The van der Waals surface area contributed by atoms with E-state index in [-0.39, 0.29) is 24.3 Å². The molecule has 5 heterocycles. The van der Waals surface area contributed by atoms with Crippen molar-refractivity contribution < 1.29 is 9.90 Å². The van der Waals surface area contributed by atoms with E-state index in [0.717, 1.165) is 83.0 Å². The summed E-state index contributed by atoms with van der Waals surface area (Å²) in [5, 5.41) is 20.6. The van der Waals surface area contributed by atoms with Crippen molar-refractivity contribution in [3.05, 3.63) is 79.0 Å². The van der Waals surface area contributed by atoms with Crippen molar-refractivity contribution in [1.82, 2.24) is 19.4 Å². The molecule has 1 saturated heterocycles. The maximum absolute atomic E-state index is 13.3. The highest BCUT2D eigenvalue weighted by molar-refractivity contribution is 7.19. The van der Waals surface area contributed by atoms with Gasteiger partial charge in [0.2, 0.25) is 0 Å². The van der Waals surface area contributed by atoms with Gasteiger partial charge < -0.3 is 15.3 Å². The third-order valence-electron chi connectivity index (χ3n) is 8.53. The van der Waals surface area contributed by atoms with Gasteiger partial charge in [0.15, 0.2) is 0 Å². The average Bonchev–Trinajstić information content (AvgIpc) is 3.36. The maximum atomic E-state index is 13.3. The van der Waals surface area contributed by atoms with E-state index in [1.165, 1.54) is 32.6 Å². The number of nitrogens with one attached hydrogen (secondary N) is 1. The summed E-state index contributed by atoms with van der Waals surface area (Å²) in [5.74, 6) is 0. The highest BCUT2D eigenvalue weighted by atomic mass is 35.5. The maximum Gasteiger partial charge on any atom is 0.331 e. The van der Waals surface area contributed by atoms with Gasteiger partial charge in [-0.2, -0.15) is 5.26 Å². The monoisotopic (exact) mass is 618 g/mol. The zero-order chi connectivity index (χ0) is 30.1. The van der Waals surface area contributed by atoms with Crippen molar-refractivity contribution in [3.8, 4) is 17.2 Å². The van der Waals surface area contributed by atoms with Crippen LogP contribution in [-0.2, 0) is 24.3 Å². The van der Waals surface area contributed by atoms with Crippen molar-refractivity contribution in [2.75, 3.05) is 24.5 Å². The van der Waals surface area contributed by atoms with Crippen LogP contribution >= 0.6 is 22.9 Å². The fraction of sp³-hybridized carbons (Fsp3) is 0.387. The zero-order valence-electron chi connectivity index (χ0n) is 23.5. The predicted octanol–water partition coefficient (Wildman–Crippen LogP) is 4.11. The van der Waals surface area contributed by atoms with Gasteiger partial charge in [-0.25, -0.2) is 4.79 Å². The lowest BCUT2D eigenvalue weighted by atomic mass is 9.92. The van der Waals surface area contributed by atoms with E-state index in [1.807, 2.05) is 18.3 Å². The first-order valence-corrected chi connectivity index (χ1v) is 15.5. The average molecular weight is 619 g/mol. The SMILES string of the molecule is N#CC1(Cn2ccc(=O)n(Cc3cc4nccc(-c5cc(Cl)cc6c5N([C@H]5CCNC5)CCC6)c4s3)c2=O)CC1.O=CO. The van der Waals surface area contributed by atoms with Crippen molar-refractivity contribution in [3.63, 3.8) is 0 Å². The minimum atomic E-state index is -0.485. The molecule has 3 aromatic heterocycles. The van der Waals surface area contributed by atoms with Crippen LogP contribution in [0.2, 0.25) is 5.02 Å². The topological polar surface area (TPSA) is 133 Å². The van der Waals surface area contributed by atoms with Crippen LogP contribution in [0, 0.1) is 16.7 Å². The Hall–Kier alpha value is -3.98. The lowest BCUT2D eigenvalue weighted by Crippen LogP contribution is -2.40. The summed E-state index contributed by atoms with van der Waals surface area (Å²) in [6.07, 6.45) is 8.12. The van der Waals surface area contributed by atoms with Crippen molar-refractivity contribution in [2.24, 2.45) is 5.41 Å². The van der Waals surface area contributed by atoms with Crippen molar-refractivity contribution in [1.29, 1.82) is 5.26 Å². The van der Waals surface area contributed by atoms with E-state index in [1.54, 1.807) is 11.3 Å². The molecule has 2 N–H and O–H groups in total. The van der Waals surface area contributed by atoms with Crippen LogP contribution in [0.25, 0.3) is 21.3 Å². The summed E-state index contributed by atoms with van der Waals surface area (Å²) in [5.41, 5.74) is 4.34. The second-order valence-corrected chi connectivity index (χ2v) is 12.9. The summed E-state index contributed by atoms with van der Waals surface area (Å²) < 4.78 is 3.77. The van der Waals surface area contributed by atoms with E-state index in [9.17, 15) is 14.9 Å². The van der Waals surface area contributed by atoms with Crippen LogP contribution in [-0.4, -0.2) is 51.4 Å². The number of thiophene rings is 1. The lowest BCUT2D eigenvalue weighted by Gasteiger charge is -2.38. The Morgan fingerprint density at radius 2 is 2.05 bits per heavy atom. The number of nitriles is 1. The molecule has 0 amide bonds. The fourth-order valence-corrected chi connectivity index (χ4v) is 7.62. The number of aromatic nitrogens is 3. The van der Waals surface area contributed by atoms with Gasteiger partial charge in [-0.3, -0.25) is 23.7 Å². The van der Waals surface area contributed by atoms with E-state index >= 15 is 0 Å². The molecular formula is C31H31ClN6O4S. The summed E-state index contributed by atoms with van der Waals surface area (Å²) in [6, 6.07) is 12.4. The van der Waals surface area contributed by atoms with Gasteiger partial charge in [0.25, 0.3) is 12.0 Å². The van der Waals surface area contributed by atoms with E-state index < -0.39 is 5.41 Å². The van der Waals surface area contributed by atoms with E-state index in [4.69, 9.17) is 21.5 Å². The Morgan fingerprint density at radius 3 is 2.77 bits per heavy atom. The van der Waals surface area contributed by atoms with Gasteiger partial charge >= 0.3 is 5.69 Å². The number of hydrogen-bond donors (Lipinski definition) is 2. The first-order chi connectivity index (χ1) is 20.9. The van der Waals surface area contributed by atoms with Gasteiger partial charge in [-0.05, 0) is 68.5 Å². The molecule has 0 unspecified atom stereocenters. The first-order valence-electron chi connectivity index (χ1n) is 14.3. The van der Waals surface area contributed by atoms with Gasteiger partial charge in [0, 0.05) is 70.9 Å². The molecule has 12 heteroatoms. The molecule has 0 radical (unpaired) electrons. The van der Waals surface area contributed by atoms with Crippen molar-refractivity contribution in [2.45, 2.75) is 51.2 Å². The molecule has 43 heavy (non-hydrogen) atoms. The predicted molar refractivity (Wildman–Crippen MR) is 167 cm³/mol. The van der Waals surface area contributed by atoms with Crippen LogP contribution in [0.5, 0.6) is 0 Å². The number of fused-ring (bicyclic) bond motifs is 2. The lowest BCUT2D eigenvalue weighted by molar-refractivity contribution is -0.122. The first kappa shape index (κ1) is 29.1. The molecule has 2 aliphatic heterocycles. The number of benzene rings is 1. The molecule has 7 rings (SSSR count). The van der Waals surface area contributed by atoms with Crippen molar-refractivity contribution >= 4 is 45.3 Å². The molecule has 0 bridgehead atoms. The zero-order valence-corrected chi connectivity index (χ0v) is 25.0. The molecule has 0 spiro atoms. The summed E-state index contributed by atoms with van der Waals surface area (Å²) in [7, 11) is 0. The van der Waals surface area contributed by atoms with Gasteiger partial charge in [-0.15, -0.1) is 11.3 Å². The van der Waals surface area contributed by atoms with Crippen LogP contribution in [0.15, 0.2) is 52.3 Å². The number of nitrogens with zero attached hydrogens (tertiary/aromatic N) is 5. The number of carbonyl (C=O) groups is 1. The Bertz CT molecular complexity index is 1850. The molecule has 1 atom stereocenters. The minimum Gasteiger partial charge on any atom is -0.483 e. The summed E-state index contributed by atoms with van der Waals surface area (Å²) >= 11 is 8.23. The van der Waals surface area contributed by atoms with E-state index in [2.05, 4.69) is 33.4 Å². The Kier molecular flexibility index (Phi) is 8.09. The van der Waals surface area contributed by atoms with Gasteiger partial charge in [-0.1, -0.05) is 11.6 Å². The van der Waals surface area contributed by atoms with Gasteiger partial charge in [0.1, 0.15) is 0 Å². The largest absolute Gasteiger partial charge is 0.483 e. The summed E-state index contributed by atoms with van der Waals surface area (Å²) in [6.45, 7) is 3.26. The highest BCUT2D eigenvalue weighted by Gasteiger charge is 2.43. The van der Waals surface area contributed by atoms with Gasteiger partial charge in [0.05, 0.1) is 28.2 Å². The number of rotatable bonds is 6. The second-order valence-electron chi connectivity index (χ2n) is 11.3. The number of anilines is 1. The third kappa shape index (κ3) is 5.70. The van der Waals surface area contributed by atoms with Crippen LogP contribution < -0.4 is 21.5 Å². The Balaban J connectivity index is 0.00000105. The Morgan fingerprint density at radius 1 is 1.23 bits per heavy atom. The molecule has 4 aromatic rings.